The zero-order valence-corrected chi connectivity index (χ0v) is 9.91. The molecule has 3 aliphatic carbocycles. The van der Waals surface area contributed by atoms with Crippen LogP contribution < -0.4 is 5.73 Å². The van der Waals surface area contributed by atoms with E-state index >= 15 is 0 Å². The van der Waals surface area contributed by atoms with E-state index < -0.39 is 5.60 Å². The van der Waals surface area contributed by atoms with Crippen molar-refractivity contribution in [1.82, 2.24) is 0 Å². The molecule has 0 unspecified atom stereocenters. The number of carbonyl (C=O) groups excluding carboxylic acids is 1. The van der Waals surface area contributed by atoms with Crippen LogP contribution in [-0.2, 0) is 9.53 Å². The minimum absolute atomic E-state index is 0.146. The Morgan fingerprint density at radius 3 is 2.19 bits per heavy atom. The first-order valence-corrected chi connectivity index (χ1v) is 5.45. The summed E-state index contributed by atoms with van der Waals surface area (Å²) in [7, 11) is 0. The number of hydrogen-bond donors (Lipinski definition) is 2. The van der Waals surface area contributed by atoms with Gasteiger partial charge >= 0.3 is 5.97 Å². The van der Waals surface area contributed by atoms with Gasteiger partial charge in [0.05, 0.1) is 5.41 Å². The van der Waals surface area contributed by atoms with E-state index in [0.717, 1.165) is 0 Å². The van der Waals surface area contributed by atoms with Gasteiger partial charge < -0.3 is 15.7 Å². The van der Waals surface area contributed by atoms with Crippen molar-refractivity contribution in [1.29, 1.82) is 0 Å². The van der Waals surface area contributed by atoms with Crippen LogP contribution in [0.5, 0.6) is 0 Å². The molecule has 0 aliphatic heterocycles. The van der Waals surface area contributed by atoms with Crippen LogP contribution in [0.2, 0.25) is 0 Å². The number of amidine groups is 1. The van der Waals surface area contributed by atoms with E-state index in [2.05, 4.69) is 5.16 Å². The standard InChI is InChI=1S/C11H18N2O3/c1-9(2,3)16-8(14)11-4-10(5-11,6-11)7(12)13-15/h15H,4-6H2,1-3H3,(H2,12,13). The van der Waals surface area contributed by atoms with E-state index in [1.54, 1.807) is 0 Å². The maximum atomic E-state index is 11.9. The van der Waals surface area contributed by atoms with Crippen LogP contribution in [-0.4, -0.2) is 22.6 Å². The van der Waals surface area contributed by atoms with Crippen LogP contribution in [0.25, 0.3) is 0 Å². The molecule has 0 saturated heterocycles. The predicted octanol–water partition coefficient (Wildman–Crippen LogP) is 1.24. The van der Waals surface area contributed by atoms with Gasteiger partial charge in [-0.2, -0.15) is 0 Å². The fourth-order valence-corrected chi connectivity index (χ4v) is 2.77. The number of esters is 1. The summed E-state index contributed by atoms with van der Waals surface area (Å²) < 4.78 is 5.36. The Hall–Kier alpha value is -1.26. The fraction of sp³-hybridized carbons (Fsp3) is 0.818. The highest BCUT2D eigenvalue weighted by Gasteiger charge is 2.74. The minimum atomic E-state index is -0.448. The molecule has 0 atom stereocenters. The summed E-state index contributed by atoms with van der Waals surface area (Å²) in [5, 5.41) is 11.6. The molecule has 0 amide bonds. The van der Waals surface area contributed by atoms with Gasteiger partial charge in [0.25, 0.3) is 0 Å². The van der Waals surface area contributed by atoms with Crippen molar-refractivity contribution in [3.05, 3.63) is 0 Å². The molecule has 0 heterocycles. The Kier molecular flexibility index (Phi) is 2.03. The van der Waals surface area contributed by atoms with Gasteiger partial charge in [-0.15, -0.1) is 0 Å². The number of rotatable bonds is 2. The molecule has 2 bridgehead atoms. The van der Waals surface area contributed by atoms with E-state index in [1.165, 1.54) is 0 Å². The van der Waals surface area contributed by atoms with Gasteiger partial charge in [0, 0.05) is 5.41 Å². The first kappa shape index (κ1) is 11.2. The Morgan fingerprint density at radius 2 is 1.81 bits per heavy atom. The molecule has 0 spiro atoms. The summed E-state index contributed by atoms with van der Waals surface area (Å²) in [6, 6.07) is 0. The van der Waals surface area contributed by atoms with Crippen LogP contribution in [0.4, 0.5) is 0 Å². The fourth-order valence-electron chi connectivity index (χ4n) is 2.77. The molecule has 0 aromatic rings. The molecular formula is C11H18N2O3. The number of carbonyl (C=O) groups is 1. The largest absolute Gasteiger partial charge is 0.460 e. The van der Waals surface area contributed by atoms with Crippen molar-refractivity contribution >= 4 is 11.8 Å². The highest BCUT2D eigenvalue weighted by atomic mass is 16.6. The molecule has 0 aromatic carbocycles. The number of hydrogen-bond acceptors (Lipinski definition) is 4. The van der Waals surface area contributed by atoms with Crippen molar-refractivity contribution in [2.24, 2.45) is 21.7 Å². The zero-order valence-electron chi connectivity index (χ0n) is 9.91. The van der Waals surface area contributed by atoms with Crippen LogP contribution in [0, 0.1) is 10.8 Å². The zero-order chi connectivity index (χ0) is 12.2. The van der Waals surface area contributed by atoms with Crippen molar-refractivity contribution < 1.29 is 14.7 Å². The summed E-state index contributed by atoms with van der Waals surface area (Å²) in [6.07, 6.45) is 1.97. The number of nitrogens with zero attached hydrogens (tertiary/aromatic N) is 1. The Bertz CT molecular complexity index is 348. The van der Waals surface area contributed by atoms with Crippen molar-refractivity contribution in [3.63, 3.8) is 0 Å². The summed E-state index contributed by atoms with van der Waals surface area (Å²) in [6.45, 7) is 5.57. The Labute approximate surface area is 94.6 Å². The number of nitrogens with two attached hydrogens (primary N) is 1. The van der Waals surface area contributed by atoms with E-state index in [4.69, 9.17) is 15.7 Å². The third-order valence-corrected chi connectivity index (χ3v) is 3.51. The van der Waals surface area contributed by atoms with E-state index in [0.29, 0.717) is 19.3 Å². The molecule has 5 nitrogen and oxygen atoms in total. The summed E-state index contributed by atoms with van der Waals surface area (Å²) in [4.78, 5) is 11.9. The number of ether oxygens (including phenoxy) is 1. The summed E-state index contributed by atoms with van der Waals surface area (Å²) in [5.74, 6) is 0.102. The molecule has 3 N–H and O–H groups in total. The predicted molar refractivity (Wildman–Crippen MR) is 58.0 cm³/mol. The van der Waals surface area contributed by atoms with Gasteiger partial charge in [0.2, 0.25) is 0 Å². The van der Waals surface area contributed by atoms with Gasteiger partial charge in [-0.3, -0.25) is 4.79 Å². The van der Waals surface area contributed by atoms with E-state index in [9.17, 15) is 4.79 Å². The van der Waals surface area contributed by atoms with Crippen LogP contribution in [0.3, 0.4) is 0 Å². The topological polar surface area (TPSA) is 84.9 Å². The van der Waals surface area contributed by atoms with E-state index in [1.807, 2.05) is 20.8 Å². The highest BCUT2D eigenvalue weighted by molar-refractivity contribution is 5.95. The maximum absolute atomic E-state index is 11.9. The van der Waals surface area contributed by atoms with Crippen molar-refractivity contribution in [2.45, 2.75) is 45.6 Å². The van der Waals surface area contributed by atoms with Crippen LogP contribution in [0.15, 0.2) is 5.16 Å². The van der Waals surface area contributed by atoms with Crippen LogP contribution >= 0.6 is 0 Å². The molecule has 90 valence electrons. The minimum Gasteiger partial charge on any atom is -0.460 e. The molecule has 0 aromatic heterocycles. The Morgan fingerprint density at radius 1 is 1.31 bits per heavy atom. The average Bonchev–Trinajstić information content (AvgIpc) is 1.94. The van der Waals surface area contributed by atoms with Gasteiger partial charge in [0.1, 0.15) is 11.4 Å². The first-order valence-electron chi connectivity index (χ1n) is 5.45. The molecule has 3 fully saturated rings. The lowest BCUT2D eigenvalue weighted by molar-refractivity contribution is -0.215. The molecule has 0 radical (unpaired) electrons. The quantitative estimate of drug-likeness (QED) is 0.244. The second kappa shape index (κ2) is 2.90. The molecule has 3 saturated carbocycles. The SMILES string of the molecule is CC(C)(C)OC(=O)C12CC(C(N)=NO)(C1)C2. The molecular weight excluding hydrogens is 208 g/mol. The highest BCUT2D eigenvalue weighted by Crippen LogP contribution is 2.73. The van der Waals surface area contributed by atoms with Crippen molar-refractivity contribution in [2.75, 3.05) is 0 Å². The second-order valence-electron chi connectivity index (χ2n) is 6.08. The third kappa shape index (κ3) is 1.37. The lowest BCUT2D eigenvalue weighted by atomic mass is 9.34. The first-order chi connectivity index (χ1) is 7.23. The monoisotopic (exact) mass is 226 g/mol. The number of oxime groups is 1. The molecule has 3 rings (SSSR count). The lowest BCUT2D eigenvalue weighted by Crippen LogP contribution is -2.70. The summed E-state index contributed by atoms with van der Waals surface area (Å²) >= 11 is 0. The van der Waals surface area contributed by atoms with Crippen LogP contribution in [0.1, 0.15) is 40.0 Å². The van der Waals surface area contributed by atoms with Gasteiger partial charge in [0.15, 0.2) is 0 Å². The molecule has 3 aliphatic rings. The van der Waals surface area contributed by atoms with E-state index in [-0.39, 0.29) is 22.6 Å². The van der Waals surface area contributed by atoms with Crippen molar-refractivity contribution in [3.8, 4) is 0 Å². The molecule has 5 heteroatoms. The normalized spacial score (nSPS) is 37.3. The third-order valence-electron chi connectivity index (χ3n) is 3.51. The Balaban J connectivity index is 1.97. The molecule has 16 heavy (non-hydrogen) atoms. The average molecular weight is 226 g/mol. The summed E-state index contributed by atoms with van der Waals surface area (Å²) in [5.41, 5.74) is 4.55. The van der Waals surface area contributed by atoms with Gasteiger partial charge in [-0.05, 0) is 40.0 Å². The smallest absolute Gasteiger partial charge is 0.312 e. The second-order valence-corrected chi connectivity index (χ2v) is 6.08. The maximum Gasteiger partial charge on any atom is 0.312 e. The van der Waals surface area contributed by atoms with Gasteiger partial charge in [-0.1, -0.05) is 5.16 Å². The lowest BCUT2D eigenvalue weighted by Gasteiger charge is -2.67. The van der Waals surface area contributed by atoms with Gasteiger partial charge in [-0.25, -0.2) is 0 Å².